The Kier molecular flexibility index (Phi) is 18.0. The minimum atomic E-state index is -10.3. The third-order valence-corrected chi connectivity index (χ3v) is 49.6. The van der Waals surface area contributed by atoms with Crippen LogP contribution in [0.25, 0.3) is 0 Å². The molecule has 576 valence electrons. The lowest BCUT2D eigenvalue weighted by molar-refractivity contribution is -0.00576. The van der Waals surface area contributed by atoms with Crippen molar-refractivity contribution in [1.82, 2.24) is 0 Å². The van der Waals surface area contributed by atoms with Crippen LogP contribution in [-0.2, 0) is 49.4 Å². The average molecular weight is 1750 g/mol. The highest BCUT2D eigenvalue weighted by Gasteiger charge is 2.90. The second-order valence-corrected chi connectivity index (χ2v) is 43.9. The summed E-state index contributed by atoms with van der Waals surface area (Å²) in [5.74, 6) is -168. The van der Waals surface area contributed by atoms with E-state index in [1.54, 1.807) is 0 Å². The number of benzene rings is 8. The van der Waals surface area contributed by atoms with Crippen molar-refractivity contribution < 1.29 is 225 Å². The van der Waals surface area contributed by atoms with E-state index in [1.165, 1.54) is 0 Å². The van der Waals surface area contributed by atoms with Gasteiger partial charge in [0.1, 0.15) is 0 Å². The van der Waals surface area contributed by atoms with Crippen LogP contribution >= 0.6 is 0 Å². The van der Waals surface area contributed by atoms with Gasteiger partial charge in [-0.15, -0.1) is 0 Å². The summed E-state index contributed by atoms with van der Waals surface area (Å²) in [6.45, 7) is 0. The lowest BCUT2D eigenvalue weighted by Gasteiger charge is -2.62. The fourth-order valence-electron chi connectivity index (χ4n) is 10.8. The van der Waals surface area contributed by atoms with E-state index in [4.69, 9.17) is 49.4 Å². The second kappa shape index (κ2) is 24.9. The summed E-state index contributed by atoms with van der Waals surface area (Å²) in [5.41, 5.74) is 0. The minimum absolute atomic E-state index is 3.91. The van der Waals surface area contributed by atoms with E-state index in [-0.39, 0.29) is 0 Å². The predicted molar refractivity (Wildman–Crippen MR) is 266 cm³/mol. The Bertz CT molecular complexity index is 4210. The fourth-order valence-corrected chi connectivity index (χ4v) is 56.7. The summed E-state index contributed by atoms with van der Waals surface area (Å²) >= 11 is 0. The molecule has 14 rings (SSSR count). The van der Waals surface area contributed by atoms with E-state index >= 15 is 176 Å². The Morgan fingerprint density at radius 2 is 0.130 bits per heavy atom. The van der Waals surface area contributed by atoms with E-state index in [2.05, 4.69) is 0 Å². The van der Waals surface area contributed by atoms with Crippen LogP contribution in [0.2, 0.25) is 0 Å². The highest BCUT2D eigenvalue weighted by molar-refractivity contribution is 7.14. The molecular formula is C48F40O12Si8. The van der Waals surface area contributed by atoms with E-state index in [0.717, 1.165) is 0 Å². The van der Waals surface area contributed by atoms with Crippen molar-refractivity contribution in [2.24, 2.45) is 0 Å². The molecule has 12 nitrogen and oxygen atoms in total. The molecule has 6 heterocycles. The van der Waals surface area contributed by atoms with Crippen LogP contribution in [-0.4, -0.2) is 70.4 Å². The predicted octanol–water partition coefficient (Wildman–Crippen LogP) is 8.59. The number of halogens is 40. The van der Waals surface area contributed by atoms with E-state index in [0.29, 0.717) is 0 Å². The quantitative estimate of drug-likeness (QED) is 0.0630. The van der Waals surface area contributed by atoms with Crippen LogP contribution in [0.4, 0.5) is 176 Å². The molecule has 6 aliphatic heterocycles. The summed E-state index contributed by atoms with van der Waals surface area (Å²) < 4.78 is 732. The zero-order chi connectivity index (χ0) is 80.2. The van der Waals surface area contributed by atoms with Crippen LogP contribution < -0.4 is 41.5 Å². The van der Waals surface area contributed by atoms with Gasteiger partial charge in [0, 0.05) is 0 Å². The van der Waals surface area contributed by atoms with Gasteiger partial charge in [0.25, 0.3) is 0 Å². The maximum absolute atomic E-state index is 17.7. The molecule has 0 radical (unpaired) electrons. The van der Waals surface area contributed by atoms with Gasteiger partial charge < -0.3 is 49.4 Å². The monoisotopic (exact) mass is 1750 g/mol. The molecule has 108 heavy (non-hydrogen) atoms. The molecular weight excluding hydrogens is 1750 g/mol. The third-order valence-electron chi connectivity index (χ3n) is 15.4. The third kappa shape index (κ3) is 10.0. The number of hydrogen-bond donors (Lipinski definition) is 0. The van der Waals surface area contributed by atoms with Crippen molar-refractivity contribution in [3.8, 4) is 0 Å². The molecule has 6 aliphatic rings. The van der Waals surface area contributed by atoms with Crippen molar-refractivity contribution in [2.75, 3.05) is 0 Å². The topological polar surface area (TPSA) is 111 Å². The molecule has 0 spiro atoms. The van der Waals surface area contributed by atoms with Crippen LogP contribution in [0.15, 0.2) is 0 Å². The molecule has 8 aromatic carbocycles. The maximum atomic E-state index is 17.7. The summed E-state index contributed by atoms with van der Waals surface area (Å²) in [5, 5.41) is -34.1. The highest BCUT2D eigenvalue weighted by Crippen LogP contribution is 2.52. The molecule has 0 N–H and O–H groups in total. The Hall–Kier alpha value is -7.78. The second-order valence-electron chi connectivity index (χ2n) is 21.2. The van der Waals surface area contributed by atoms with Crippen molar-refractivity contribution in [3.05, 3.63) is 233 Å². The van der Waals surface area contributed by atoms with Gasteiger partial charge in [0.05, 0.1) is 41.5 Å². The standard InChI is InChI=1S/C48F40O12Si8/c49-1-9(57)25(73)41(26(74)10(1)58)101-89-102(42-27(75)11(59)2(50)12(60)28(42)76)92-105(45-33(81)17(65)5(53)18(66)34(45)82)94-103(90-101,43-29(77)13(61)3(51)14(62)30(43)78)96-107(47-37(85)21(69)7(55)22(70)38(47)86)97-104(91-101,44-31(79)15(63)4(52)16(64)32(44)80)95-106(93-102,46-35(83)19(67)6(54)20(68)36(46)84)99-108(98-105,100-107)48-39(87)23(71)8(56)24(72)40(48)88. The molecule has 0 aliphatic carbocycles. The van der Waals surface area contributed by atoms with Crippen molar-refractivity contribution in [3.63, 3.8) is 0 Å². The molecule has 0 unspecified atom stereocenters. The van der Waals surface area contributed by atoms with Gasteiger partial charge in [-0.3, -0.25) is 0 Å². The van der Waals surface area contributed by atoms with Crippen LogP contribution in [0.3, 0.4) is 0 Å². The molecule has 6 fully saturated rings. The Balaban J connectivity index is 1.49. The van der Waals surface area contributed by atoms with Crippen molar-refractivity contribution >= 4 is 112 Å². The molecule has 0 aromatic heterocycles. The molecule has 0 saturated carbocycles. The van der Waals surface area contributed by atoms with Crippen LogP contribution in [0, 0.1) is 233 Å². The van der Waals surface area contributed by atoms with Gasteiger partial charge in [-0.2, -0.15) is 0 Å². The first kappa shape index (κ1) is 78.3. The van der Waals surface area contributed by atoms with E-state index in [9.17, 15) is 0 Å². The van der Waals surface area contributed by atoms with Gasteiger partial charge in [-0.05, 0) is 0 Å². The summed E-state index contributed by atoms with van der Waals surface area (Å²) in [6.07, 6.45) is 0. The number of rotatable bonds is 8. The SMILES string of the molecule is Fc1c(F)c(F)c([Si]23O[Si]4(c5c(F)c(F)c(F)c(F)c5F)O[Si]5(c6c(F)c(F)c(F)c(F)c6F)O[Si](c6c(F)c(F)c(F)c(F)c6F)(O2)O[Si]2(c6c(F)c(F)c(F)c(F)c6F)O[Si](c6c(F)c(F)c(F)c(F)c6F)(O3)O[Si](c3c(F)c(F)c(F)c(F)c3F)(O4)O[Si](c3c(F)c(F)c(F)c(F)c3F)(O5)O2)c(F)c1F. The van der Waals surface area contributed by atoms with Crippen LogP contribution in [0.1, 0.15) is 0 Å². The highest BCUT2D eigenvalue weighted by atomic mass is 28.6. The Labute approximate surface area is 568 Å². The van der Waals surface area contributed by atoms with Crippen molar-refractivity contribution in [1.29, 1.82) is 0 Å². The normalized spacial score (nSPS) is 26.0. The average Bonchev–Trinajstić information content (AvgIpc) is 0.651. The van der Waals surface area contributed by atoms with E-state index in [1.807, 2.05) is 0 Å². The minimum Gasteiger partial charge on any atom is -0.366 e. The molecule has 0 amide bonds. The fraction of sp³-hybridized carbons (Fsp3) is 0. The summed E-state index contributed by atoms with van der Waals surface area (Å²) in [4.78, 5) is 0. The van der Waals surface area contributed by atoms with Gasteiger partial charge in [-0.25, -0.2) is 176 Å². The van der Waals surface area contributed by atoms with Gasteiger partial charge in [0.2, 0.25) is 46.5 Å². The largest absolute Gasteiger partial charge is 0.522 e. The van der Waals surface area contributed by atoms with Gasteiger partial charge in [0.15, 0.2) is 186 Å². The first-order valence-electron chi connectivity index (χ1n) is 26.5. The van der Waals surface area contributed by atoms with Gasteiger partial charge >= 0.3 is 70.4 Å². The Morgan fingerprint density at radius 3 is 0.185 bits per heavy atom. The lowest BCUT2D eigenvalue weighted by Crippen LogP contribution is -2.98. The van der Waals surface area contributed by atoms with E-state index < -0.39 is 345 Å². The maximum Gasteiger partial charge on any atom is 0.522 e. The number of hydrogen-bond acceptors (Lipinski definition) is 12. The zero-order valence-electron chi connectivity index (χ0n) is 48.0. The van der Waals surface area contributed by atoms with Crippen LogP contribution in [0.5, 0.6) is 0 Å². The molecule has 6 saturated heterocycles. The molecule has 8 bridgehead atoms. The van der Waals surface area contributed by atoms with Gasteiger partial charge in [-0.1, -0.05) is 0 Å². The summed E-state index contributed by atoms with van der Waals surface area (Å²) in [7, 11) is -82.1. The zero-order valence-corrected chi connectivity index (χ0v) is 56.0. The Morgan fingerprint density at radius 1 is 0.0833 bits per heavy atom. The first-order valence-corrected chi connectivity index (χ1v) is 40.3. The molecule has 60 heteroatoms. The molecule has 8 aromatic rings. The molecule has 0 atom stereocenters. The lowest BCUT2D eigenvalue weighted by atomic mass is 10.3. The first-order chi connectivity index (χ1) is 49.9. The summed E-state index contributed by atoms with van der Waals surface area (Å²) in [6, 6.07) is 0. The smallest absolute Gasteiger partial charge is 0.366 e. The van der Waals surface area contributed by atoms with Crippen molar-refractivity contribution in [2.45, 2.75) is 0 Å².